The summed E-state index contributed by atoms with van der Waals surface area (Å²) in [7, 11) is 1.50. The minimum atomic E-state index is -0.414. The van der Waals surface area contributed by atoms with Gasteiger partial charge in [-0.15, -0.1) is 0 Å². The van der Waals surface area contributed by atoms with Gasteiger partial charge in [-0.1, -0.05) is 29.8 Å². The van der Waals surface area contributed by atoms with Crippen LogP contribution in [0.5, 0.6) is 5.75 Å². The average Bonchev–Trinajstić information content (AvgIpc) is 2.24. The molecule has 0 aliphatic rings. The number of hydrogen-bond acceptors (Lipinski definition) is 3. The van der Waals surface area contributed by atoms with Crippen LogP contribution in [0.25, 0.3) is 0 Å². The second-order valence-electron chi connectivity index (χ2n) is 4.09. The van der Waals surface area contributed by atoms with Crippen LogP contribution >= 0.6 is 15.9 Å². The maximum absolute atomic E-state index is 13.7. The van der Waals surface area contributed by atoms with Gasteiger partial charge < -0.3 is 14.8 Å². The van der Waals surface area contributed by atoms with Gasteiger partial charge in [-0.25, -0.2) is 4.39 Å². The molecule has 1 aromatic carbocycles. The van der Waals surface area contributed by atoms with Gasteiger partial charge in [0.05, 0.1) is 5.69 Å². The monoisotopic (exact) mass is 305 g/mol. The summed E-state index contributed by atoms with van der Waals surface area (Å²) in [5.74, 6) is 0.241. The molecular weight excluding hydrogens is 289 g/mol. The average molecular weight is 306 g/mol. The van der Waals surface area contributed by atoms with Crippen molar-refractivity contribution in [3.8, 4) is 5.75 Å². The lowest BCUT2D eigenvalue weighted by atomic mass is 10.2. The predicted octanol–water partition coefficient (Wildman–Crippen LogP) is 3.64. The Labute approximate surface area is 109 Å². The van der Waals surface area contributed by atoms with Crippen LogP contribution in [0, 0.1) is 11.7 Å². The van der Waals surface area contributed by atoms with Crippen LogP contribution in [0.1, 0.15) is 13.8 Å². The van der Waals surface area contributed by atoms with Crippen molar-refractivity contribution in [2.24, 2.45) is 5.92 Å². The standard InChI is InChI=1S/C12H17BrFNO2/c1-8(2)6-15-11-5-9(13)4-10(14)12(11)17-7-16-3/h4-5,8,15H,6-7H2,1-3H3. The third-order valence-electron chi connectivity index (χ3n) is 2.03. The Morgan fingerprint density at radius 1 is 1.41 bits per heavy atom. The topological polar surface area (TPSA) is 30.5 Å². The van der Waals surface area contributed by atoms with E-state index in [9.17, 15) is 4.39 Å². The van der Waals surface area contributed by atoms with Crippen molar-refractivity contribution >= 4 is 21.6 Å². The van der Waals surface area contributed by atoms with Gasteiger partial charge >= 0.3 is 0 Å². The van der Waals surface area contributed by atoms with Crippen LogP contribution < -0.4 is 10.1 Å². The van der Waals surface area contributed by atoms with Crippen LogP contribution in [0.2, 0.25) is 0 Å². The van der Waals surface area contributed by atoms with Gasteiger partial charge in [0.15, 0.2) is 18.4 Å². The second kappa shape index (κ2) is 6.81. The normalized spacial score (nSPS) is 10.7. The fraction of sp³-hybridized carbons (Fsp3) is 0.500. The number of rotatable bonds is 6. The van der Waals surface area contributed by atoms with Gasteiger partial charge in [-0.05, 0) is 18.1 Å². The van der Waals surface area contributed by atoms with E-state index in [2.05, 4.69) is 35.1 Å². The third kappa shape index (κ3) is 4.52. The zero-order chi connectivity index (χ0) is 12.8. The first-order valence-electron chi connectivity index (χ1n) is 5.39. The summed E-state index contributed by atoms with van der Waals surface area (Å²) in [6.45, 7) is 4.93. The molecule has 0 amide bonds. The Morgan fingerprint density at radius 3 is 2.71 bits per heavy atom. The molecule has 96 valence electrons. The molecule has 1 N–H and O–H groups in total. The molecule has 5 heteroatoms. The molecule has 0 radical (unpaired) electrons. The van der Waals surface area contributed by atoms with E-state index in [-0.39, 0.29) is 12.5 Å². The highest BCUT2D eigenvalue weighted by Gasteiger charge is 2.12. The first kappa shape index (κ1) is 14.3. The van der Waals surface area contributed by atoms with Gasteiger partial charge in [0.1, 0.15) is 0 Å². The van der Waals surface area contributed by atoms with Crippen LogP contribution in [-0.4, -0.2) is 20.4 Å². The molecule has 0 saturated carbocycles. The SMILES string of the molecule is COCOc1c(F)cc(Br)cc1NCC(C)C. The Balaban J connectivity index is 2.89. The van der Waals surface area contributed by atoms with Gasteiger partial charge in [0, 0.05) is 18.1 Å². The van der Waals surface area contributed by atoms with Crippen molar-refractivity contribution in [3.63, 3.8) is 0 Å². The first-order valence-corrected chi connectivity index (χ1v) is 6.18. The molecule has 0 saturated heterocycles. The van der Waals surface area contributed by atoms with E-state index in [1.807, 2.05) is 0 Å². The van der Waals surface area contributed by atoms with Gasteiger partial charge in [0.25, 0.3) is 0 Å². The lowest BCUT2D eigenvalue weighted by molar-refractivity contribution is 0.0488. The molecule has 0 fully saturated rings. The zero-order valence-electron chi connectivity index (χ0n) is 10.2. The number of methoxy groups -OCH3 is 1. The molecule has 0 heterocycles. The Kier molecular flexibility index (Phi) is 5.71. The van der Waals surface area contributed by atoms with E-state index in [4.69, 9.17) is 9.47 Å². The number of benzene rings is 1. The highest BCUT2D eigenvalue weighted by atomic mass is 79.9. The molecule has 17 heavy (non-hydrogen) atoms. The molecule has 1 rings (SSSR count). The summed E-state index contributed by atoms with van der Waals surface area (Å²) in [6.07, 6.45) is 0. The quantitative estimate of drug-likeness (QED) is 0.814. The molecule has 0 spiro atoms. The number of hydrogen-bond donors (Lipinski definition) is 1. The van der Waals surface area contributed by atoms with Crippen molar-refractivity contribution in [2.75, 3.05) is 25.8 Å². The van der Waals surface area contributed by atoms with Crippen molar-refractivity contribution in [1.29, 1.82) is 0 Å². The molecule has 3 nitrogen and oxygen atoms in total. The highest BCUT2D eigenvalue weighted by Crippen LogP contribution is 2.32. The van der Waals surface area contributed by atoms with Crippen molar-refractivity contribution in [2.45, 2.75) is 13.8 Å². The Morgan fingerprint density at radius 2 is 2.12 bits per heavy atom. The number of halogens is 2. The predicted molar refractivity (Wildman–Crippen MR) is 69.9 cm³/mol. The van der Waals surface area contributed by atoms with E-state index in [0.717, 1.165) is 6.54 Å². The molecule has 1 aromatic rings. The number of ether oxygens (including phenoxy) is 2. The molecular formula is C12H17BrFNO2. The van der Waals surface area contributed by atoms with Crippen LogP contribution in [-0.2, 0) is 4.74 Å². The van der Waals surface area contributed by atoms with Crippen molar-refractivity contribution in [3.05, 3.63) is 22.4 Å². The van der Waals surface area contributed by atoms with Crippen molar-refractivity contribution < 1.29 is 13.9 Å². The second-order valence-corrected chi connectivity index (χ2v) is 5.01. The molecule has 0 aliphatic carbocycles. The van der Waals surface area contributed by atoms with E-state index < -0.39 is 5.82 Å². The van der Waals surface area contributed by atoms with Crippen LogP contribution in [0.15, 0.2) is 16.6 Å². The summed E-state index contributed by atoms with van der Waals surface area (Å²) in [4.78, 5) is 0. The maximum atomic E-state index is 13.7. The Bertz CT molecular complexity index is 372. The molecule has 0 unspecified atom stereocenters. The minimum Gasteiger partial charge on any atom is -0.462 e. The molecule has 0 bridgehead atoms. The largest absolute Gasteiger partial charge is 0.462 e. The maximum Gasteiger partial charge on any atom is 0.188 e. The summed E-state index contributed by atoms with van der Waals surface area (Å²) in [5, 5.41) is 3.15. The van der Waals surface area contributed by atoms with Crippen molar-refractivity contribution in [1.82, 2.24) is 0 Å². The number of nitrogens with one attached hydrogen (secondary N) is 1. The van der Waals surface area contributed by atoms with Gasteiger partial charge in [-0.3, -0.25) is 0 Å². The van der Waals surface area contributed by atoms with E-state index in [1.165, 1.54) is 13.2 Å². The lowest BCUT2D eigenvalue weighted by Crippen LogP contribution is -2.11. The third-order valence-corrected chi connectivity index (χ3v) is 2.49. The summed E-state index contributed by atoms with van der Waals surface area (Å²) >= 11 is 3.26. The number of anilines is 1. The summed E-state index contributed by atoms with van der Waals surface area (Å²) in [5.41, 5.74) is 0.627. The highest BCUT2D eigenvalue weighted by molar-refractivity contribution is 9.10. The van der Waals surface area contributed by atoms with Crippen LogP contribution in [0.4, 0.5) is 10.1 Å². The van der Waals surface area contributed by atoms with Gasteiger partial charge in [-0.2, -0.15) is 0 Å². The van der Waals surface area contributed by atoms with E-state index >= 15 is 0 Å². The Hall–Kier alpha value is -0.810. The molecule has 0 aliphatic heterocycles. The molecule has 0 atom stereocenters. The summed E-state index contributed by atoms with van der Waals surface area (Å²) in [6, 6.07) is 3.15. The van der Waals surface area contributed by atoms with E-state index in [0.29, 0.717) is 16.1 Å². The van der Waals surface area contributed by atoms with Gasteiger partial charge in [0.2, 0.25) is 0 Å². The summed E-state index contributed by atoms with van der Waals surface area (Å²) < 4.78 is 24.4. The fourth-order valence-corrected chi connectivity index (χ4v) is 1.70. The molecule has 0 aromatic heterocycles. The first-order chi connectivity index (χ1) is 8.04. The lowest BCUT2D eigenvalue weighted by Gasteiger charge is -2.15. The van der Waals surface area contributed by atoms with Crippen LogP contribution in [0.3, 0.4) is 0 Å². The van der Waals surface area contributed by atoms with E-state index in [1.54, 1.807) is 6.07 Å². The zero-order valence-corrected chi connectivity index (χ0v) is 11.8. The fourth-order valence-electron chi connectivity index (χ4n) is 1.27. The smallest absolute Gasteiger partial charge is 0.188 e. The minimum absolute atomic E-state index is 0.0227.